The Morgan fingerprint density at radius 2 is 0.677 bits per heavy atom. The van der Waals surface area contributed by atoms with Crippen LogP contribution in [0.3, 0.4) is 0 Å². The van der Waals surface area contributed by atoms with Gasteiger partial charge in [-0.15, -0.1) is 0 Å². The minimum Gasteiger partial charge on any atom is -0.309 e. The molecule has 62 heavy (non-hydrogen) atoms. The largest absolute Gasteiger partial charge is 0.309 e. The summed E-state index contributed by atoms with van der Waals surface area (Å²) in [4.78, 5) is 5.20. The molecular weight excluding hydrogens is 751 g/mol. The standard InChI is InChI=1S/C59H39N3/c1-4-15-40(16-5-1)44-21-14-22-49(35-44)62-57-26-13-11-24-51(57)53-36-45(30-34-58(53)62)46-29-33-52-50-23-10-12-25-56(50)61(59(52)39-46)48-31-27-43(28-32-48)55-38-47(41-17-6-2-7-18-41)37-54(60-55)42-19-8-3-9-20-42/h1-39H. The number of pyridine rings is 1. The highest BCUT2D eigenvalue weighted by Crippen LogP contribution is 2.39. The first kappa shape index (κ1) is 35.7. The van der Waals surface area contributed by atoms with Gasteiger partial charge in [0.05, 0.1) is 33.5 Å². The van der Waals surface area contributed by atoms with Gasteiger partial charge in [-0.25, -0.2) is 4.98 Å². The van der Waals surface area contributed by atoms with Crippen molar-refractivity contribution >= 4 is 43.6 Å². The van der Waals surface area contributed by atoms with Crippen LogP contribution in [0.25, 0.3) is 111 Å². The lowest BCUT2D eigenvalue weighted by atomic mass is 10.00. The highest BCUT2D eigenvalue weighted by Gasteiger charge is 2.17. The molecule has 12 rings (SSSR count). The van der Waals surface area contributed by atoms with Crippen molar-refractivity contribution in [3.05, 3.63) is 237 Å². The molecule has 0 saturated carbocycles. The van der Waals surface area contributed by atoms with Crippen LogP contribution >= 0.6 is 0 Å². The van der Waals surface area contributed by atoms with Gasteiger partial charge in [-0.1, -0.05) is 170 Å². The molecule has 3 aromatic heterocycles. The maximum atomic E-state index is 5.20. The first-order valence-electron chi connectivity index (χ1n) is 21.2. The summed E-state index contributed by atoms with van der Waals surface area (Å²) < 4.78 is 4.81. The molecule has 290 valence electrons. The summed E-state index contributed by atoms with van der Waals surface area (Å²) in [7, 11) is 0. The zero-order valence-corrected chi connectivity index (χ0v) is 33.9. The van der Waals surface area contributed by atoms with Gasteiger partial charge in [0.15, 0.2) is 0 Å². The molecule has 3 heteroatoms. The number of hydrogen-bond acceptors (Lipinski definition) is 1. The molecule has 9 aromatic carbocycles. The summed E-state index contributed by atoms with van der Waals surface area (Å²) in [6.07, 6.45) is 0. The van der Waals surface area contributed by atoms with Gasteiger partial charge < -0.3 is 9.13 Å². The lowest BCUT2D eigenvalue weighted by Crippen LogP contribution is -1.95. The predicted molar refractivity (Wildman–Crippen MR) is 260 cm³/mol. The number of para-hydroxylation sites is 2. The van der Waals surface area contributed by atoms with Crippen LogP contribution in [0, 0.1) is 0 Å². The van der Waals surface area contributed by atoms with Gasteiger partial charge in [0.25, 0.3) is 0 Å². The first-order chi connectivity index (χ1) is 30.7. The van der Waals surface area contributed by atoms with Crippen molar-refractivity contribution < 1.29 is 0 Å². The monoisotopic (exact) mass is 789 g/mol. The Hall–Kier alpha value is -8.27. The normalized spacial score (nSPS) is 11.5. The van der Waals surface area contributed by atoms with Crippen LogP contribution in [0.15, 0.2) is 237 Å². The molecule has 0 bridgehead atoms. The van der Waals surface area contributed by atoms with Crippen LogP contribution in [-0.4, -0.2) is 14.1 Å². The number of aromatic nitrogens is 3. The van der Waals surface area contributed by atoms with E-state index >= 15 is 0 Å². The van der Waals surface area contributed by atoms with E-state index < -0.39 is 0 Å². The fraction of sp³-hybridized carbons (Fsp3) is 0. The Labute approximate surface area is 360 Å². The molecule has 0 amide bonds. The molecule has 0 unspecified atom stereocenters. The second-order valence-electron chi connectivity index (χ2n) is 16.0. The van der Waals surface area contributed by atoms with Gasteiger partial charge >= 0.3 is 0 Å². The molecule has 0 saturated heterocycles. The number of benzene rings is 9. The molecule has 0 aliphatic rings. The molecule has 0 spiro atoms. The first-order valence-corrected chi connectivity index (χ1v) is 21.2. The van der Waals surface area contributed by atoms with E-state index in [9.17, 15) is 0 Å². The SMILES string of the molecule is c1ccc(-c2cccc(-n3c4ccccc4c4cc(-c5ccc6c7ccccc7n(-c7ccc(-c8cc(-c9ccccc9)cc(-c9ccccc9)n8)cc7)c6c5)ccc43)c2)cc1. The molecule has 0 aliphatic carbocycles. The summed E-state index contributed by atoms with van der Waals surface area (Å²) in [6.45, 7) is 0. The molecule has 0 aliphatic heterocycles. The maximum absolute atomic E-state index is 5.20. The van der Waals surface area contributed by atoms with Crippen molar-refractivity contribution in [3.8, 4) is 67.3 Å². The molecule has 0 atom stereocenters. The van der Waals surface area contributed by atoms with Gasteiger partial charge in [0.1, 0.15) is 0 Å². The summed E-state index contributed by atoms with van der Waals surface area (Å²) in [5, 5.41) is 4.94. The molecule has 3 nitrogen and oxygen atoms in total. The van der Waals surface area contributed by atoms with Crippen LogP contribution in [0.4, 0.5) is 0 Å². The van der Waals surface area contributed by atoms with Crippen molar-refractivity contribution in [3.63, 3.8) is 0 Å². The second kappa shape index (κ2) is 14.8. The molecular formula is C59H39N3. The van der Waals surface area contributed by atoms with Crippen molar-refractivity contribution in [1.82, 2.24) is 14.1 Å². The Balaban J connectivity index is 0.963. The topological polar surface area (TPSA) is 22.8 Å². The summed E-state index contributed by atoms with van der Waals surface area (Å²) in [6, 6.07) is 85.2. The van der Waals surface area contributed by atoms with E-state index in [4.69, 9.17) is 4.98 Å². The zero-order chi connectivity index (χ0) is 41.0. The predicted octanol–water partition coefficient (Wildman–Crippen LogP) is 15.6. The van der Waals surface area contributed by atoms with Crippen molar-refractivity contribution in [2.24, 2.45) is 0 Å². The molecule has 0 radical (unpaired) electrons. The molecule has 0 N–H and O–H groups in total. The van der Waals surface area contributed by atoms with Crippen LogP contribution in [0.2, 0.25) is 0 Å². The summed E-state index contributed by atoms with van der Waals surface area (Å²) in [5.41, 5.74) is 18.2. The minimum atomic E-state index is 0.946. The number of rotatable bonds is 7. The van der Waals surface area contributed by atoms with E-state index in [-0.39, 0.29) is 0 Å². The van der Waals surface area contributed by atoms with Crippen LogP contribution in [-0.2, 0) is 0 Å². The van der Waals surface area contributed by atoms with Gasteiger partial charge in [-0.3, -0.25) is 0 Å². The Kier molecular flexibility index (Phi) is 8.50. The van der Waals surface area contributed by atoms with E-state index in [2.05, 4.69) is 240 Å². The number of fused-ring (bicyclic) bond motifs is 6. The van der Waals surface area contributed by atoms with Gasteiger partial charge in [0, 0.05) is 44.0 Å². The minimum absolute atomic E-state index is 0.946. The Morgan fingerprint density at radius 1 is 0.226 bits per heavy atom. The van der Waals surface area contributed by atoms with Crippen LogP contribution < -0.4 is 0 Å². The maximum Gasteiger partial charge on any atom is 0.0715 e. The number of hydrogen-bond donors (Lipinski definition) is 0. The summed E-state index contributed by atoms with van der Waals surface area (Å²) in [5.74, 6) is 0. The highest BCUT2D eigenvalue weighted by molar-refractivity contribution is 6.12. The average Bonchev–Trinajstić information content (AvgIpc) is 3.87. The van der Waals surface area contributed by atoms with Gasteiger partial charge in [-0.05, 0) is 100 Å². The van der Waals surface area contributed by atoms with Crippen molar-refractivity contribution in [2.75, 3.05) is 0 Å². The third-order valence-corrected chi connectivity index (χ3v) is 12.3. The second-order valence-corrected chi connectivity index (χ2v) is 16.0. The Morgan fingerprint density at radius 3 is 1.35 bits per heavy atom. The fourth-order valence-electron chi connectivity index (χ4n) is 9.33. The smallest absolute Gasteiger partial charge is 0.0715 e. The average molecular weight is 790 g/mol. The molecule has 12 aromatic rings. The van der Waals surface area contributed by atoms with E-state index in [0.717, 1.165) is 39.5 Å². The highest BCUT2D eigenvalue weighted by atomic mass is 15.0. The van der Waals surface area contributed by atoms with Gasteiger partial charge in [-0.2, -0.15) is 0 Å². The van der Waals surface area contributed by atoms with E-state index in [1.54, 1.807) is 0 Å². The molecule has 3 heterocycles. The van der Waals surface area contributed by atoms with Gasteiger partial charge in [0.2, 0.25) is 0 Å². The van der Waals surface area contributed by atoms with Crippen LogP contribution in [0.5, 0.6) is 0 Å². The summed E-state index contributed by atoms with van der Waals surface area (Å²) >= 11 is 0. The van der Waals surface area contributed by atoms with Crippen molar-refractivity contribution in [1.29, 1.82) is 0 Å². The quantitative estimate of drug-likeness (QED) is 0.158. The van der Waals surface area contributed by atoms with Crippen molar-refractivity contribution in [2.45, 2.75) is 0 Å². The lowest BCUT2D eigenvalue weighted by Gasteiger charge is -2.12. The van der Waals surface area contributed by atoms with E-state index in [1.165, 1.54) is 71.4 Å². The number of nitrogens with zero attached hydrogens (tertiary/aromatic N) is 3. The Bertz CT molecular complexity index is 3540. The lowest BCUT2D eigenvalue weighted by molar-refractivity contribution is 1.18. The van der Waals surface area contributed by atoms with E-state index in [1.807, 2.05) is 6.07 Å². The third kappa shape index (κ3) is 6.10. The van der Waals surface area contributed by atoms with E-state index in [0.29, 0.717) is 0 Å². The fourth-order valence-corrected chi connectivity index (χ4v) is 9.33. The third-order valence-electron chi connectivity index (χ3n) is 12.3. The molecule has 0 fully saturated rings. The van der Waals surface area contributed by atoms with Crippen LogP contribution in [0.1, 0.15) is 0 Å². The zero-order valence-electron chi connectivity index (χ0n) is 33.9.